The zero-order chi connectivity index (χ0) is 15.1. The molecule has 3 fully saturated rings. The van der Waals surface area contributed by atoms with E-state index in [4.69, 9.17) is 4.74 Å². The average molecular weight is 373 g/mol. The van der Waals surface area contributed by atoms with Crippen molar-refractivity contribution in [2.75, 3.05) is 39.9 Å². The molecule has 136 valence electrons. The summed E-state index contributed by atoms with van der Waals surface area (Å²) in [6.07, 6.45) is 2.45. The van der Waals surface area contributed by atoms with Crippen molar-refractivity contribution in [3.63, 3.8) is 0 Å². The molecule has 3 aliphatic heterocycles. The van der Waals surface area contributed by atoms with Gasteiger partial charge in [-0.1, -0.05) is 24.3 Å². The van der Waals surface area contributed by atoms with Gasteiger partial charge in [-0.05, 0) is 49.8 Å². The zero-order valence-electron chi connectivity index (χ0n) is 14.7. The van der Waals surface area contributed by atoms with Crippen molar-refractivity contribution in [1.82, 2.24) is 9.80 Å². The first kappa shape index (κ1) is 20.0. The molecule has 0 bridgehead atoms. The van der Waals surface area contributed by atoms with E-state index >= 15 is 0 Å². The molecule has 0 unspecified atom stereocenters. The van der Waals surface area contributed by atoms with Crippen LogP contribution >= 0.6 is 24.8 Å². The van der Waals surface area contributed by atoms with Crippen molar-refractivity contribution < 1.29 is 4.74 Å². The molecular weight excluding hydrogens is 343 g/mol. The summed E-state index contributed by atoms with van der Waals surface area (Å²) < 4.78 is 5.54. The number of rotatable bonds is 2. The number of aryl methyl sites for hydroxylation is 1. The maximum Gasteiger partial charge on any atom is 0.0480 e. The van der Waals surface area contributed by atoms with Crippen LogP contribution < -0.4 is 0 Å². The highest BCUT2D eigenvalue weighted by Gasteiger charge is 2.47. The number of likely N-dealkylation sites (tertiary alicyclic amines) is 2. The van der Waals surface area contributed by atoms with Crippen molar-refractivity contribution >= 4 is 24.8 Å². The predicted molar refractivity (Wildman–Crippen MR) is 103 cm³/mol. The molecule has 3 saturated heterocycles. The Labute approximate surface area is 158 Å². The van der Waals surface area contributed by atoms with E-state index in [1.165, 1.54) is 38.0 Å². The molecule has 24 heavy (non-hydrogen) atoms. The van der Waals surface area contributed by atoms with E-state index in [2.05, 4.69) is 48.0 Å². The molecule has 0 aliphatic carbocycles. The lowest BCUT2D eigenvalue weighted by Crippen LogP contribution is -2.40. The fourth-order valence-corrected chi connectivity index (χ4v) is 5.03. The van der Waals surface area contributed by atoms with Crippen molar-refractivity contribution in [1.29, 1.82) is 0 Å². The van der Waals surface area contributed by atoms with Gasteiger partial charge in [0.15, 0.2) is 0 Å². The van der Waals surface area contributed by atoms with Gasteiger partial charge in [-0.15, -0.1) is 24.8 Å². The van der Waals surface area contributed by atoms with Crippen LogP contribution in [0.25, 0.3) is 0 Å². The van der Waals surface area contributed by atoms with Crippen LogP contribution in [0.2, 0.25) is 0 Å². The third kappa shape index (κ3) is 3.61. The highest BCUT2D eigenvalue weighted by Crippen LogP contribution is 2.45. The quantitative estimate of drug-likeness (QED) is 0.789. The lowest BCUT2D eigenvalue weighted by molar-refractivity contribution is 0.0374. The first-order chi connectivity index (χ1) is 10.7. The Balaban J connectivity index is 0.00000104. The van der Waals surface area contributed by atoms with Crippen molar-refractivity contribution in [3.05, 3.63) is 35.4 Å². The Hall–Kier alpha value is -0.320. The van der Waals surface area contributed by atoms with Crippen LogP contribution in [-0.4, -0.2) is 55.7 Å². The summed E-state index contributed by atoms with van der Waals surface area (Å²) in [6, 6.07) is 10.3. The summed E-state index contributed by atoms with van der Waals surface area (Å²) in [5.41, 5.74) is 3.00. The van der Waals surface area contributed by atoms with Crippen LogP contribution in [0.1, 0.15) is 30.0 Å². The fourth-order valence-electron chi connectivity index (χ4n) is 5.03. The second kappa shape index (κ2) is 8.37. The van der Waals surface area contributed by atoms with Crippen LogP contribution in [-0.2, 0) is 4.74 Å². The van der Waals surface area contributed by atoms with E-state index in [-0.39, 0.29) is 24.8 Å². The molecule has 5 heteroatoms. The fraction of sp³-hybridized carbons (Fsp3) is 0.684. The van der Waals surface area contributed by atoms with Crippen LogP contribution in [0, 0.1) is 18.8 Å². The molecule has 1 aromatic carbocycles. The third-order valence-electron chi connectivity index (χ3n) is 6.14. The largest absolute Gasteiger partial charge is 0.381 e. The summed E-state index contributed by atoms with van der Waals surface area (Å²) in [4.78, 5) is 5.37. The number of fused-ring (bicyclic) bond motifs is 1. The van der Waals surface area contributed by atoms with Crippen molar-refractivity contribution in [2.24, 2.45) is 11.8 Å². The molecule has 3 heterocycles. The summed E-state index contributed by atoms with van der Waals surface area (Å²) >= 11 is 0. The Morgan fingerprint density at radius 2 is 1.71 bits per heavy atom. The second-order valence-corrected chi connectivity index (χ2v) is 7.46. The van der Waals surface area contributed by atoms with Crippen molar-refractivity contribution in [3.8, 4) is 0 Å². The van der Waals surface area contributed by atoms with Gasteiger partial charge >= 0.3 is 0 Å². The van der Waals surface area contributed by atoms with E-state index in [1.54, 1.807) is 5.56 Å². The van der Waals surface area contributed by atoms with Gasteiger partial charge < -0.3 is 4.74 Å². The smallest absolute Gasteiger partial charge is 0.0480 e. The molecule has 0 aromatic heterocycles. The van der Waals surface area contributed by atoms with E-state index in [9.17, 15) is 0 Å². The Morgan fingerprint density at radius 3 is 2.42 bits per heavy atom. The van der Waals surface area contributed by atoms with Gasteiger partial charge in [0, 0.05) is 44.9 Å². The highest BCUT2D eigenvalue weighted by molar-refractivity contribution is 5.85. The minimum atomic E-state index is 0. The Morgan fingerprint density at radius 1 is 1.00 bits per heavy atom. The van der Waals surface area contributed by atoms with E-state index in [0.717, 1.165) is 31.1 Å². The standard InChI is InChI=1S/C19H28N2O.2ClH/c1-14-5-3-4-6-17(14)19-18-13-21(12-15(18)11-20(19)2)16-7-9-22-10-8-16;;/h3-6,15-16,18-19H,7-13H2,1-2H3;2*1H/t15-,18+,19-;;/m0../s1. The molecule has 3 atom stereocenters. The molecule has 0 spiro atoms. The van der Waals surface area contributed by atoms with Gasteiger partial charge in [0.2, 0.25) is 0 Å². The SMILES string of the molecule is Cc1ccccc1[C@H]1[C@@H]2CN(C3CCOCC3)C[C@@H]2CN1C.Cl.Cl. The normalized spacial score (nSPS) is 31.3. The van der Waals surface area contributed by atoms with E-state index in [1.807, 2.05) is 0 Å². The maximum absolute atomic E-state index is 5.54. The number of ether oxygens (including phenoxy) is 1. The number of hydrogen-bond donors (Lipinski definition) is 0. The first-order valence-corrected chi connectivity index (χ1v) is 8.81. The highest BCUT2D eigenvalue weighted by atomic mass is 35.5. The van der Waals surface area contributed by atoms with Gasteiger partial charge in [0.1, 0.15) is 0 Å². The molecule has 0 amide bonds. The van der Waals surface area contributed by atoms with Gasteiger partial charge in [-0.25, -0.2) is 0 Å². The molecule has 4 rings (SSSR count). The lowest BCUT2D eigenvalue weighted by Gasteiger charge is -2.33. The average Bonchev–Trinajstić information content (AvgIpc) is 3.06. The number of benzene rings is 1. The summed E-state index contributed by atoms with van der Waals surface area (Å²) in [5.74, 6) is 1.64. The summed E-state index contributed by atoms with van der Waals surface area (Å²) in [5, 5.41) is 0. The molecular formula is C19H30Cl2N2O. The zero-order valence-corrected chi connectivity index (χ0v) is 16.3. The minimum Gasteiger partial charge on any atom is -0.381 e. The van der Waals surface area contributed by atoms with Gasteiger partial charge in [-0.2, -0.15) is 0 Å². The van der Waals surface area contributed by atoms with Gasteiger partial charge in [-0.3, -0.25) is 9.80 Å². The van der Waals surface area contributed by atoms with E-state index < -0.39 is 0 Å². The summed E-state index contributed by atoms with van der Waals surface area (Å²) in [7, 11) is 2.31. The second-order valence-electron chi connectivity index (χ2n) is 7.46. The van der Waals surface area contributed by atoms with Crippen LogP contribution in [0.15, 0.2) is 24.3 Å². The Bertz CT molecular complexity index is 536. The van der Waals surface area contributed by atoms with Crippen LogP contribution in [0.3, 0.4) is 0 Å². The number of hydrogen-bond acceptors (Lipinski definition) is 3. The monoisotopic (exact) mass is 372 g/mol. The van der Waals surface area contributed by atoms with Crippen LogP contribution in [0.4, 0.5) is 0 Å². The number of halogens is 2. The molecule has 0 saturated carbocycles. The Kier molecular flexibility index (Phi) is 6.98. The first-order valence-electron chi connectivity index (χ1n) is 8.81. The van der Waals surface area contributed by atoms with E-state index in [0.29, 0.717) is 6.04 Å². The molecule has 3 nitrogen and oxygen atoms in total. The van der Waals surface area contributed by atoms with Gasteiger partial charge in [0.05, 0.1) is 0 Å². The molecule has 3 aliphatic rings. The minimum absolute atomic E-state index is 0. The lowest BCUT2D eigenvalue weighted by atomic mass is 9.88. The maximum atomic E-state index is 5.54. The third-order valence-corrected chi connectivity index (χ3v) is 6.14. The van der Waals surface area contributed by atoms with Crippen molar-refractivity contribution in [2.45, 2.75) is 31.8 Å². The van der Waals surface area contributed by atoms with Crippen LogP contribution in [0.5, 0.6) is 0 Å². The topological polar surface area (TPSA) is 15.7 Å². The molecule has 0 N–H and O–H groups in total. The number of nitrogens with zero attached hydrogens (tertiary/aromatic N) is 2. The predicted octanol–water partition coefficient (Wildman–Crippen LogP) is 3.55. The molecule has 0 radical (unpaired) electrons. The van der Waals surface area contributed by atoms with Gasteiger partial charge in [0.25, 0.3) is 0 Å². The summed E-state index contributed by atoms with van der Waals surface area (Å²) in [6.45, 7) is 8.00. The molecule has 1 aromatic rings.